The molecule has 8 nitrogen and oxygen atoms in total. The fourth-order valence-electron chi connectivity index (χ4n) is 7.41. The molecule has 192 valence electrons. The van der Waals surface area contributed by atoms with Crippen molar-refractivity contribution >= 4 is 17.8 Å². The average molecular weight is 493 g/mol. The van der Waals surface area contributed by atoms with E-state index in [4.69, 9.17) is 4.74 Å². The summed E-state index contributed by atoms with van der Waals surface area (Å²) in [5, 5.41) is 2.76. The van der Waals surface area contributed by atoms with Gasteiger partial charge in [0.05, 0.1) is 26.1 Å². The number of urea groups is 1. The van der Waals surface area contributed by atoms with E-state index < -0.39 is 12.1 Å². The Morgan fingerprint density at radius 3 is 2.86 bits per heavy atom. The molecule has 1 N–H and O–H groups in total. The average Bonchev–Trinajstić information content (AvgIpc) is 3.16. The number of nitrogens with zero attached hydrogens (tertiary/aromatic N) is 3. The van der Waals surface area contributed by atoms with Gasteiger partial charge in [-0.1, -0.05) is 36.3 Å². The summed E-state index contributed by atoms with van der Waals surface area (Å²) in [5.74, 6) is 1.34. The number of hydrogen-bond acceptors (Lipinski definition) is 5. The molecule has 4 fully saturated rings. The van der Waals surface area contributed by atoms with Gasteiger partial charge < -0.3 is 15.0 Å². The van der Waals surface area contributed by atoms with Gasteiger partial charge in [-0.2, -0.15) is 0 Å². The number of para-hydroxylation sites is 1. The number of carbonyl (C=O) groups is 3. The summed E-state index contributed by atoms with van der Waals surface area (Å²) in [7, 11) is 1.57. The van der Waals surface area contributed by atoms with Crippen LogP contribution in [0.3, 0.4) is 0 Å². The molecule has 1 aliphatic carbocycles. The van der Waals surface area contributed by atoms with Crippen molar-refractivity contribution in [3.8, 4) is 5.75 Å². The Bertz CT molecular complexity index is 1090. The summed E-state index contributed by atoms with van der Waals surface area (Å²) in [4.78, 5) is 45.3. The lowest BCUT2D eigenvalue weighted by Gasteiger charge is -2.54. The molecule has 8 heteroatoms. The number of benzene rings is 1. The van der Waals surface area contributed by atoms with E-state index in [1.807, 2.05) is 29.2 Å². The number of ether oxygens (including phenoxy) is 1. The molecule has 4 aliphatic heterocycles. The molecular formula is C28H36N4O4. The minimum Gasteiger partial charge on any atom is -0.496 e. The Morgan fingerprint density at radius 2 is 2.00 bits per heavy atom. The Balaban J connectivity index is 1.15. The Kier molecular flexibility index (Phi) is 6.23. The summed E-state index contributed by atoms with van der Waals surface area (Å²) in [6, 6.07) is 6.90. The van der Waals surface area contributed by atoms with Gasteiger partial charge in [0.1, 0.15) is 11.8 Å². The van der Waals surface area contributed by atoms with Gasteiger partial charge in [0, 0.05) is 24.7 Å². The number of rotatable bonds is 5. The molecule has 2 bridgehead atoms. The molecule has 36 heavy (non-hydrogen) atoms. The van der Waals surface area contributed by atoms with Crippen LogP contribution in [0.5, 0.6) is 5.75 Å². The number of carbonyl (C=O) groups excluding carboxylic acids is 3. The number of piperidine rings is 3. The van der Waals surface area contributed by atoms with Crippen molar-refractivity contribution < 1.29 is 19.1 Å². The van der Waals surface area contributed by atoms with Crippen molar-refractivity contribution in [2.24, 2.45) is 11.8 Å². The zero-order valence-electron chi connectivity index (χ0n) is 21.0. The summed E-state index contributed by atoms with van der Waals surface area (Å²) >= 11 is 0. The van der Waals surface area contributed by atoms with Crippen molar-refractivity contribution in [2.75, 3.05) is 26.7 Å². The standard InChI is InChI=1S/C28H36N4O4/c1-36-24-10-3-2-7-19(24)17-32-27(34)22(29-28(32)35)15-25(33)31-12-6-8-18-13-20-14-21(26(18)31)16-30-11-5-4-9-23(20)30/h2-3,7,10,13,20-23,26H,4-6,8-9,11-12,14-17H2,1H3,(H,29,35)/t20?,21?,22-,23?,26?/m0/s1. The molecule has 4 heterocycles. The lowest BCUT2D eigenvalue weighted by molar-refractivity contribution is -0.139. The van der Waals surface area contributed by atoms with E-state index in [9.17, 15) is 14.4 Å². The Labute approximate surface area is 212 Å². The zero-order chi connectivity index (χ0) is 24.8. The molecule has 0 radical (unpaired) electrons. The summed E-state index contributed by atoms with van der Waals surface area (Å²) in [5.41, 5.74) is 2.19. The van der Waals surface area contributed by atoms with Crippen molar-refractivity contribution in [3.63, 3.8) is 0 Å². The molecule has 4 unspecified atom stereocenters. The predicted octanol–water partition coefficient (Wildman–Crippen LogP) is 2.93. The molecule has 6 rings (SSSR count). The summed E-state index contributed by atoms with van der Waals surface area (Å²) < 4.78 is 5.37. The number of hydrogen-bond donors (Lipinski definition) is 1. The molecule has 4 amide bonds. The maximum absolute atomic E-state index is 13.6. The van der Waals surface area contributed by atoms with Crippen LogP contribution in [-0.4, -0.2) is 77.4 Å². The van der Waals surface area contributed by atoms with Crippen LogP contribution in [0, 0.1) is 11.8 Å². The van der Waals surface area contributed by atoms with Crippen LogP contribution in [0.1, 0.15) is 50.5 Å². The smallest absolute Gasteiger partial charge is 0.325 e. The van der Waals surface area contributed by atoms with Crippen LogP contribution in [0.2, 0.25) is 0 Å². The molecule has 1 aromatic rings. The highest BCUT2D eigenvalue weighted by Crippen LogP contribution is 2.45. The molecule has 0 saturated carbocycles. The van der Waals surface area contributed by atoms with Gasteiger partial charge in [-0.05, 0) is 56.6 Å². The normalized spacial score (nSPS) is 31.9. The Hall–Kier alpha value is -2.87. The number of methoxy groups -OCH3 is 1. The third-order valence-corrected chi connectivity index (χ3v) is 8.98. The van der Waals surface area contributed by atoms with Crippen LogP contribution < -0.4 is 10.1 Å². The van der Waals surface area contributed by atoms with Crippen LogP contribution >= 0.6 is 0 Å². The van der Waals surface area contributed by atoms with Gasteiger partial charge in [-0.3, -0.25) is 19.4 Å². The quantitative estimate of drug-likeness (QED) is 0.505. The first kappa shape index (κ1) is 23.5. The maximum Gasteiger partial charge on any atom is 0.325 e. The van der Waals surface area contributed by atoms with Crippen LogP contribution in [0.15, 0.2) is 35.9 Å². The van der Waals surface area contributed by atoms with E-state index >= 15 is 0 Å². The van der Waals surface area contributed by atoms with Gasteiger partial charge in [-0.15, -0.1) is 0 Å². The van der Waals surface area contributed by atoms with Crippen molar-refractivity contribution in [2.45, 2.75) is 69.6 Å². The minimum absolute atomic E-state index is 0.0132. The molecule has 4 saturated heterocycles. The number of likely N-dealkylation sites (tertiary alicyclic amines) is 1. The van der Waals surface area contributed by atoms with Crippen molar-refractivity contribution in [3.05, 3.63) is 41.5 Å². The van der Waals surface area contributed by atoms with Crippen LogP contribution in [0.25, 0.3) is 0 Å². The molecular weight excluding hydrogens is 456 g/mol. The highest BCUT2D eigenvalue weighted by molar-refractivity contribution is 6.05. The fraction of sp³-hybridized carbons (Fsp3) is 0.607. The number of amides is 4. The predicted molar refractivity (Wildman–Crippen MR) is 134 cm³/mol. The molecule has 0 spiro atoms. The second-order valence-electron chi connectivity index (χ2n) is 11.0. The van der Waals surface area contributed by atoms with E-state index in [2.05, 4.69) is 16.3 Å². The van der Waals surface area contributed by atoms with Gasteiger partial charge in [0.2, 0.25) is 5.91 Å². The lowest BCUT2D eigenvalue weighted by atomic mass is 9.68. The van der Waals surface area contributed by atoms with Gasteiger partial charge in [-0.25, -0.2) is 4.79 Å². The maximum atomic E-state index is 13.6. The first-order valence-electron chi connectivity index (χ1n) is 13.5. The highest BCUT2D eigenvalue weighted by atomic mass is 16.5. The second-order valence-corrected chi connectivity index (χ2v) is 11.0. The van der Waals surface area contributed by atoms with E-state index in [1.54, 1.807) is 7.11 Å². The minimum atomic E-state index is -0.816. The molecule has 5 atom stereocenters. The third kappa shape index (κ3) is 4.09. The van der Waals surface area contributed by atoms with Gasteiger partial charge in [0.25, 0.3) is 5.91 Å². The van der Waals surface area contributed by atoms with Gasteiger partial charge >= 0.3 is 6.03 Å². The van der Waals surface area contributed by atoms with E-state index in [-0.39, 0.29) is 30.8 Å². The molecule has 1 aromatic carbocycles. The van der Waals surface area contributed by atoms with Crippen LogP contribution in [0.4, 0.5) is 4.79 Å². The monoisotopic (exact) mass is 492 g/mol. The molecule has 5 aliphatic rings. The van der Waals surface area contributed by atoms with E-state index in [0.29, 0.717) is 23.6 Å². The van der Waals surface area contributed by atoms with E-state index in [1.165, 1.54) is 36.3 Å². The highest BCUT2D eigenvalue weighted by Gasteiger charge is 2.48. The van der Waals surface area contributed by atoms with Crippen molar-refractivity contribution in [1.82, 2.24) is 20.0 Å². The van der Waals surface area contributed by atoms with Crippen LogP contribution in [-0.2, 0) is 16.1 Å². The largest absolute Gasteiger partial charge is 0.496 e. The molecule has 0 aromatic heterocycles. The number of imide groups is 1. The summed E-state index contributed by atoms with van der Waals surface area (Å²) in [6.45, 7) is 3.09. The number of nitrogens with one attached hydrogen (secondary N) is 1. The summed E-state index contributed by atoms with van der Waals surface area (Å²) in [6.07, 6.45) is 9.60. The Morgan fingerprint density at radius 1 is 1.14 bits per heavy atom. The second kappa shape index (κ2) is 9.54. The first-order valence-corrected chi connectivity index (χ1v) is 13.5. The van der Waals surface area contributed by atoms with Crippen molar-refractivity contribution in [1.29, 1.82) is 0 Å². The lowest BCUT2D eigenvalue weighted by Crippen LogP contribution is -2.60. The van der Waals surface area contributed by atoms with Gasteiger partial charge in [0.15, 0.2) is 0 Å². The first-order chi connectivity index (χ1) is 17.5. The fourth-order valence-corrected chi connectivity index (χ4v) is 7.41. The number of fused-ring (bicyclic) bond motifs is 6. The van der Waals surface area contributed by atoms with E-state index in [0.717, 1.165) is 37.9 Å². The SMILES string of the molecule is COc1ccccc1CN1C(=O)N[C@@H](CC(=O)N2CCCC3=CC4CC(CN5CCCCC45)C32)C1=O. The third-order valence-electron chi connectivity index (χ3n) is 8.98. The zero-order valence-corrected chi connectivity index (χ0v) is 21.0. The topological polar surface area (TPSA) is 82.2 Å².